The van der Waals surface area contributed by atoms with E-state index in [1.54, 1.807) is 43.7 Å². The molecule has 0 bridgehead atoms. The van der Waals surface area contributed by atoms with Crippen molar-refractivity contribution in [3.05, 3.63) is 52.8 Å². The molecule has 0 heterocycles. The molecule has 0 aromatic heterocycles. The third kappa shape index (κ3) is 5.05. The highest BCUT2D eigenvalue weighted by molar-refractivity contribution is 7.99. The van der Waals surface area contributed by atoms with Crippen LogP contribution in [0.5, 0.6) is 0 Å². The first-order valence-corrected chi connectivity index (χ1v) is 9.53. The molecule has 1 unspecified atom stereocenters. The minimum Gasteiger partial charge on any atom is -0.373 e. The summed E-state index contributed by atoms with van der Waals surface area (Å²) in [6.07, 6.45) is -5.22. The lowest BCUT2D eigenvalue weighted by Crippen LogP contribution is -2.52. The monoisotopic (exact) mass is 464 g/mol. The smallest absolute Gasteiger partial charge is 0.373 e. The number of nitrogens with one attached hydrogen (secondary N) is 1. The van der Waals surface area contributed by atoms with Crippen LogP contribution in [0, 0.1) is 5.82 Å². The fourth-order valence-corrected chi connectivity index (χ4v) is 3.25. The molecule has 2 N–H and O–H groups in total. The van der Waals surface area contributed by atoms with E-state index in [0.717, 1.165) is 17.8 Å². The van der Waals surface area contributed by atoms with Gasteiger partial charge in [-0.3, -0.25) is 9.59 Å². The van der Waals surface area contributed by atoms with E-state index >= 15 is 0 Å². The summed E-state index contributed by atoms with van der Waals surface area (Å²) in [4.78, 5) is 25.7. The van der Waals surface area contributed by atoms with Crippen LogP contribution in [0.2, 0.25) is 5.02 Å². The highest BCUT2D eigenvalue weighted by Crippen LogP contribution is 2.37. The molecule has 0 aliphatic carbocycles. The van der Waals surface area contributed by atoms with E-state index in [0.29, 0.717) is 10.5 Å². The standard InChI is InChI=1S/C19H17ClF4N2O3S/c1-18(29,19(22,23)24)17(28)25-12-8-9-13(15(21)14(12)20)30-11-6-4-10(5-7-11)16(27)26(2)3/h4-9,29H,1-3H3,(H,25,28). The van der Waals surface area contributed by atoms with Crippen LogP contribution in [0.4, 0.5) is 23.2 Å². The van der Waals surface area contributed by atoms with E-state index in [1.807, 2.05) is 0 Å². The SMILES string of the molecule is CN(C)C(=O)c1ccc(Sc2ccc(NC(=O)C(C)(O)C(F)(F)F)c(Cl)c2F)cc1. The molecule has 5 nitrogen and oxygen atoms in total. The summed E-state index contributed by atoms with van der Waals surface area (Å²) in [6.45, 7) is 0.279. The predicted molar refractivity (Wildman–Crippen MR) is 105 cm³/mol. The maximum absolute atomic E-state index is 14.6. The van der Waals surface area contributed by atoms with Crippen molar-refractivity contribution in [3.63, 3.8) is 0 Å². The average Bonchev–Trinajstić information content (AvgIpc) is 2.66. The second-order valence-corrected chi connectivity index (χ2v) is 8.08. The van der Waals surface area contributed by atoms with E-state index in [9.17, 15) is 32.3 Å². The maximum Gasteiger partial charge on any atom is 0.426 e. The first-order chi connectivity index (χ1) is 13.8. The minimum absolute atomic E-state index is 0.0484. The Balaban J connectivity index is 2.21. The molecule has 0 spiro atoms. The lowest BCUT2D eigenvalue weighted by molar-refractivity contribution is -0.242. The van der Waals surface area contributed by atoms with Crippen molar-refractivity contribution in [2.75, 3.05) is 19.4 Å². The quantitative estimate of drug-likeness (QED) is 0.635. The third-order valence-corrected chi connectivity index (χ3v) is 5.44. The van der Waals surface area contributed by atoms with Crippen LogP contribution in [0.3, 0.4) is 0 Å². The summed E-state index contributed by atoms with van der Waals surface area (Å²) in [5, 5.41) is 10.6. The van der Waals surface area contributed by atoms with Crippen molar-refractivity contribution in [2.45, 2.75) is 28.5 Å². The van der Waals surface area contributed by atoms with Gasteiger partial charge in [-0.15, -0.1) is 0 Å². The molecule has 0 radical (unpaired) electrons. The molecule has 30 heavy (non-hydrogen) atoms. The fraction of sp³-hybridized carbons (Fsp3) is 0.263. The Morgan fingerprint density at radius 2 is 1.67 bits per heavy atom. The van der Waals surface area contributed by atoms with Crippen molar-refractivity contribution in [3.8, 4) is 0 Å². The zero-order valence-electron chi connectivity index (χ0n) is 16.0. The largest absolute Gasteiger partial charge is 0.426 e. The highest BCUT2D eigenvalue weighted by Gasteiger charge is 2.55. The number of anilines is 1. The van der Waals surface area contributed by atoms with Crippen molar-refractivity contribution < 1.29 is 32.3 Å². The van der Waals surface area contributed by atoms with Crippen molar-refractivity contribution in [1.29, 1.82) is 0 Å². The van der Waals surface area contributed by atoms with E-state index in [2.05, 4.69) is 0 Å². The number of hydrogen-bond acceptors (Lipinski definition) is 4. The van der Waals surface area contributed by atoms with Crippen LogP contribution < -0.4 is 5.32 Å². The number of nitrogens with zero attached hydrogens (tertiary/aromatic N) is 1. The van der Waals surface area contributed by atoms with Gasteiger partial charge in [0.1, 0.15) is 5.02 Å². The van der Waals surface area contributed by atoms with Gasteiger partial charge in [-0.05, 0) is 43.3 Å². The number of halogens is 5. The van der Waals surface area contributed by atoms with E-state index in [-0.39, 0.29) is 17.7 Å². The van der Waals surface area contributed by atoms with Gasteiger partial charge < -0.3 is 15.3 Å². The predicted octanol–water partition coefficient (Wildman–Crippen LogP) is 4.58. The molecular formula is C19H17ClF4N2O3S. The third-order valence-electron chi connectivity index (χ3n) is 4.02. The van der Waals surface area contributed by atoms with Crippen LogP contribution in [0.1, 0.15) is 17.3 Å². The van der Waals surface area contributed by atoms with Crippen LogP contribution >= 0.6 is 23.4 Å². The van der Waals surface area contributed by atoms with Gasteiger partial charge in [0.2, 0.25) is 5.60 Å². The number of carbonyl (C=O) groups excluding carboxylic acids is 2. The molecule has 11 heteroatoms. The molecule has 2 amide bonds. The maximum atomic E-state index is 14.6. The van der Waals surface area contributed by atoms with E-state index in [4.69, 9.17) is 11.6 Å². The van der Waals surface area contributed by atoms with Crippen LogP contribution in [0.25, 0.3) is 0 Å². The number of hydrogen-bond donors (Lipinski definition) is 2. The van der Waals surface area contributed by atoms with Crippen molar-refractivity contribution >= 4 is 40.9 Å². The Morgan fingerprint density at radius 1 is 1.10 bits per heavy atom. The molecule has 1 atom stereocenters. The lowest BCUT2D eigenvalue weighted by atomic mass is 10.1. The first-order valence-electron chi connectivity index (χ1n) is 8.34. The van der Waals surface area contributed by atoms with Crippen LogP contribution in [0.15, 0.2) is 46.2 Å². The summed E-state index contributed by atoms with van der Waals surface area (Å²) < 4.78 is 52.8. The topological polar surface area (TPSA) is 69.6 Å². The van der Waals surface area contributed by atoms with Gasteiger partial charge in [0, 0.05) is 29.4 Å². The fourth-order valence-electron chi connectivity index (χ4n) is 2.13. The van der Waals surface area contributed by atoms with E-state index < -0.39 is 34.2 Å². The second kappa shape index (κ2) is 8.83. The van der Waals surface area contributed by atoms with Gasteiger partial charge >= 0.3 is 6.18 Å². The molecule has 0 saturated carbocycles. The lowest BCUT2D eigenvalue weighted by Gasteiger charge is -2.25. The Kier molecular flexibility index (Phi) is 7.05. The molecular weight excluding hydrogens is 448 g/mol. The van der Waals surface area contributed by atoms with Gasteiger partial charge in [0.25, 0.3) is 11.8 Å². The number of amides is 2. The Bertz CT molecular complexity index is 963. The van der Waals surface area contributed by atoms with E-state index in [1.165, 1.54) is 11.0 Å². The van der Waals surface area contributed by atoms with Gasteiger partial charge in [-0.25, -0.2) is 4.39 Å². The molecule has 162 valence electrons. The zero-order valence-corrected chi connectivity index (χ0v) is 17.5. The Labute approximate surface area is 179 Å². The first kappa shape index (κ1) is 24.0. The molecule has 0 fully saturated rings. The Morgan fingerprint density at radius 3 is 2.17 bits per heavy atom. The van der Waals surface area contributed by atoms with Crippen molar-refractivity contribution in [2.24, 2.45) is 0 Å². The van der Waals surface area contributed by atoms with Crippen LogP contribution in [-0.4, -0.2) is 47.7 Å². The molecule has 2 aromatic rings. The summed E-state index contributed by atoms with van der Waals surface area (Å²) in [5.74, 6) is -2.95. The summed E-state index contributed by atoms with van der Waals surface area (Å²) in [5.41, 5.74) is -3.65. The van der Waals surface area contributed by atoms with Gasteiger partial charge in [0.05, 0.1) is 5.69 Å². The van der Waals surface area contributed by atoms with Gasteiger partial charge in [0.15, 0.2) is 5.82 Å². The van der Waals surface area contributed by atoms with Crippen LogP contribution in [-0.2, 0) is 4.79 Å². The normalized spacial score (nSPS) is 13.5. The summed E-state index contributed by atoms with van der Waals surface area (Å²) in [7, 11) is 3.22. The minimum atomic E-state index is -5.22. The summed E-state index contributed by atoms with van der Waals surface area (Å²) >= 11 is 6.83. The number of alkyl halides is 3. The highest BCUT2D eigenvalue weighted by atomic mass is 35.5. The van der Waals surface area contributed by atoms with Gasteiger partial charge in [-0.2, -0.15) is 13.2 Å². The molecule has 0 aliphatic heterocycles. The molecule has 2 aromatic carbocycles. The molecule has 0 saturated heterocycles. The molecule has 0 aliphatic rings. The Hall–Kier alpha value is -2.30. The number of carbonyl (C=O) groups is 2. The average molecular weight is 465 g/mol. The zero-order chi connectivity index (χ0) is 22.9. The summed E-state index contributed by atoms with van der Waals surface area (Å²) in [6, 6.07) is 8.69. The number of benzene rings is 2. The second-order valence-electron chi connectivity index (χ2n) is 6.59. The van der Waals surface area contributed by atoms with Gasteiger partial charge in [-0.1, -0.05) is 23.4 Å². The molecule has 2 rings (SSSR count). The number of aliphatic hydroxyl groups is 1. The van der Waals surface area contributed by atoms with Crippen molar-refractivity contribution in [1.82, 2.24) is 4.90 Å². The number of rotatable bonds is 5.